The fourth-order valence-electron chi connectivity index (χ4n) is 3.42. The Kier molecular flexibility index (Phi) is 4.45. The zero-order valence-electron chi connectivity index (χ0n) is 12.6. The summed E-state index contributed by atoms with van der Waals surface area (Å²) in [7, 11) is 0. The van der Waals surface area contributed by atoms with Crippen molar-refractivity contribution in [3.8, 4) is 0 Å². The second kappa shape index (κ2) is 6.32. The number of piperazine rings is 1. The van der Waals surface area contributed by atoms with E-state index in [9.17, 15) is 9.59 Å². The topological polar surface area (TPSA) is 59.1 Å². The number of ether oxygens (including phenoxy) is 2. The van der Waals surface area contributed by atoms with E-state index in [0.717, 1.165) is 25.7 Å². The van der Waals surface area contributed by atoms with Crippen LogP contribution in [0.3, 0.4) is 0 Å². The lowest BCUT2D eigenvalue weighted by Crippen LogP contribution is -2.58. The molecule has 2 amide bonds. The standard InChI is InChI=1S/C15H24N2O4/c1-11-10-16(14(18)12-4-2-8-20-12)6-7-17(11)15(19)13-5-3-9-21-13/h11-13H,2-10H2,1H3/t11-,12+,13+/m1/s1. The first-order valence-electron chi connectivity index (χ1n) is 7.99. The predicted octanol–water partition coefficient (Wildman–Crippen LogP) is 0.404. The molecule has 3 heterocycles. The first kappa shape index (κ1) is 14.8. The highest BCUT2D eigenvalue weighted by molar-refractivity contribution is 5.83. The molecule has 3 saturated heterocycles. The number of rotatable bonds is 2. The molecule has 0 aromatic carbocycles. The summed E-state index contributed by atoms with van der Waals surface area (Å²) in [6, 6.07) is 0.0424. The average Bonchev–Trinajstić information content (AvgIpc) is 3.18. The molecule has 0 saturated carbocycles. The molecule has 6 heteroatoms. The third-order valence-corrected chi connectivity index (χ3v) is 4.63. The van der Waals surface area contributed by atoms with Crippen molar-refractivity contribution in [3.05, 3.63) is 0 Å². The van der Waals surface area contributed by atoms with Crippen molar-refractivity contribution in [2.45, 2.75) is 50.9 Å². The Morgan fingerprint density at radius 1 is 0.952 bits per heavy atom. The molecule has 3 aliphatic rings. The summed E-state index contributed by atoms with van der Waals surface area (Å²) in [6.45, 7) is 5.16. The van der Waals surface area contributed by atoms with Crippen LogP contribution in [0, 0.1) is 0 Å². The van der Waals surface area contributed by atoms with Crippen LogP contribution < -0.4 is 0 Å². The fourth-order valence-corrected chi connectivity index (χ4v) is 3.42. The molecule has 0 radical (unpaired) electrons. The van der Waals surface area contributed by atoms with Gasteiger partial charge in [0.25, 0.3) is 11.8 Å². The summed E-state index contributed by atoms with van der Waals surface area (Å²) in [5.74, 6) is 0.174. The van der Waals surface area contributed by atoms with E-state index in [1.807, 2.05) is 16.7 Å². The highest BCUT2D eigenvalue weighted by Crippen LogP contribution is 2.21. The maximum Gasteiger partial charge on any atom is 0.252 e. The molecule has 3 fully saturated rings. The van der Waals surface area contributed by atoms with E-state index in [-0.39, 0.29) is 30.1 Å². The van der Waals surface area contributed by atoms with E-state index < -0.39 is 0 Å². The molecule has 3 rings (SSSR count). The summed E-state index contributed by atoms with van der Waals surface area (Å²) in [6.07, 6.45) is 3.03. The Labute approximate surface area is 125 Å². The summed E-state index contributed by atoms with van der Waals surface area (Å²) < 4.78 is 10.9. The molecule has 0 spiro atoms. The predicted molar refractivity (Wildman–Crippen MR) is 75.7 cm³/mol. The van der Waals surface area contributed by atoms with Crippen LogP contribution in [0.15, 0.2) is 0 Å². The van der Waals surface area contributed by atoms with Crippen molar-refractivity contribution in [1.82, 2.24) is 9.80 Å². The van der Waals surface area contributed by atoms with Crippen molar-refractivity contribution in [1.29, 1.82) is 0 Å². The van der Waals surface area contributed by atoms with Gasteiger partial charge in [-0.25, -0.2) is 0 Å². The second-order valence-electron chi connectivity index (χ2n) is 6.17. The molecule has 0 aliphatic carbocycles. The lowest BCUT2D eigenvalue weighted by molar-refractivity contribution is -0.152. The second-order valence-corrected chi connectivity index (χ2v) is 6.17. The van der Waals surface area contributed by atoms with Gasteiger partial charge in [0.05, 0.1) is 0 Å². The number of carbonyl (C=O) groups excluding carboxylic acids is 2. The van der Waals surface area contributed by atoms with E-state index >= 15 is 0 Å². The third kappa shape index (κ3) is 3.06. The molecule has 21 heavy (non-hydrogen) atoms. The van der Waals surface area contributed by atoms with Crippen molar-refractivity contribution in [3.63, 3.8) is 0 Å². The minimum absolute atomic E-state index is 0.0424. The molecular weight excluding hydrogens is 272 g/mol. The summed E-state index contributed by atoms with van der Waals surface area (Å²) >= 11 is 0. The third-order valence-electron chi connectivity index (χ3n) is 4.63. The van der Waals surface area contributed by atoms with Crippen molar-refractivity contribution in [2.75, 3.05) is 32.8 Å². The SMILES string of the molecule is C[C@@H]1CN(C(=O)[C@@H]2CCCO2)CCN1C(=O)[C@@H]1CCCO1. The van der Waals surface area contributed by atoms with Gasteiger partial charge in [-0.1, -0.05) is 0 Å². The first-order valence-corrected chi connectivity index (χ1v) is 7.99. The first-order chi connectivity index (χ1) is 10.2. The molecule has 0 aromatic rings. The summed E-state index contributed by atoms with van der Waals surface area (Å²) in [5, 5.41) is 0. The summed E-state index contributed by atoms with van der Waals surface area (Å²) in [4.78, 5) is 28.5. The van der Waals surface area contributed by atoms with Crippen molar-refractivity contribution < 1.29 is 19.1 Å². The minimum Gasteiger partial charge on any atom is -0.368 e. The van der Waals surface area contributed by atoms with E-state index in [1.165, 1.54) is 0 Å². The highest BCUT2D eigenvalue weighted by Gasteiger charge is 2.37. The molecule has 3 atom stereocenters. The van der Waals surface area contributed by atoms with Gasteiger partial charge in [-0.15, -0.1) is 0 Å². The van der Waals surface area contributed by atoms with Crippen LogP contribution in [0.25, 0.3) is 0 Å². The van der Waals surface area contributed by atoms with E-state index in [0.29, 0.717) is 32.8 Å². The van der Waals surface area contributed by atoms with Gasteiger partial charge in [0.2, 0.25) is 0 Å². The van der Waals surface area contributed by atoms with Crippen LogP contribution in [-0.2, 0) is 19.1 Å². The van der Waals surface area contributed by atoms with Crippen LogP contribution in [0.1, 0.15) is 32.6 Å². The Hall–Kier alpha value is -1.14. The van der Waals surface area contributed by atoms with Gasteiger partial charge in [-0.05, 0) is 32.6 Å². The fraction of sp³-hybridized carbons (Fsp3) is 0.867. The largest absolute Gasteiger partial charge is 0.368 e. The minimum atomic E-state index is -0.270. The lowest BCUT2D eigenvalue weighted by Gasteiger charge is -2.41. The molecule has 0 aromatic heterocycles. The lowest BCUT2D eigenvalue weighted by atomic mass is 10.1. The smallest absolute Gasteiger partial charge is 0.252 e. The molecule has 0 unspecified atom stereocenters. The molecule has 3 aliphatic heterocycles. The molecular formula is C15H24N2O4. The van der Waals surface area contributed by atoms with Crippen LogP contribution >= 0.6 is 0 Å². The van der Waals surface area contributed by atoms with E-state index in [1.54, 1.807) is 0 Å². The van der Waals surface area contributed by atoms with Crippen molar-refractivity contribution in [2.24, 2.45) is 0 Å². The van der Waals surface area contributed by atoms with Gasteiger partial charge in [-0.2, -0.15) is 0 Å². The number of hydrogen-bond acceptors (Lipinski definition) is 4. The van der Waals surface area contributed by atoms with Gasteiger partial charge in [0.15, 0.2) is 0 Å². The quantitative estimate of drug-likeness (QED) is 0.740. The van der Waals surface area contributed by atoms with Crippen LogP contribution in [-0.4, -0.2) is 72.7 Å². The van der Waals surface area contributed by atoms with Crippen LogP contribution in [0.5, 0.6) is 0 Å². The van der Waals surface area contributed by atoms with Gasteiger partial charge >= 0.3 is 0 Å². The highest BCUT2D eigenvalue weighted by atomic mass is 16.5. The van der Waals surface area contributed by atoms with E-state index in [2.05, 4.69) is 0 Å². The van der Waals surface area contributed by atoms with Crippen molar-refractivity contribution >= 4 is 11.8 Å². The Morgan fingerprint density at radius 2 is 1.57 bits per heavy atom. The zero-order valence-corrected chi connectivity index (χ0v) is 12.6. The molecule has 6 nitrogen and oxygen atoms in total. The van der Waals surface area contributed by atoms with Gasteiger partial charge in [0.1, 0.15) is 12.2 Å². The molecule has 0 bridgehead atoms. The van der Waals surface area contributed by atoms with Gasteiger partial charge < -0.3 is 19.3 Å². The zero-order chi connectivity index (χ0) is 14.8. The monoisotopic (exact) mass is 296 g/mol. The maximum absolute atomic E-state index is 12.4. The Balaban J connectivity index is 1.56. The summed E-state index contributed by atoms with van der Waals surface area (Å²) in [5.41, 5.74) is 0. The Morgan fingerprint density at radius 3 is 2.10 bits per heavy atom. The van der Waals surface area contributed by atoms with Crippen LogP contribution in [0.4, 0.5) is 0 Å². The molecule has 118 valence electrons. The van der Waals surface area contributed by atoms with E-state index in [4.69, 9.17) is 9.47 Å². The Bertz CT molecular complexity index is 402. The number of amides is 2. The van der Waals surface area contributed by atoms with Crippen LogP contribution in [0.2, 0.25) is 0 Å². The normalized spacial score (nSPS) is 33.5. The number of carbonyl (C=O) groups is 2. The van der Waals surface area contributed by atoms with Gasteiger partial charge in [-0.3, -0.25) is 9.59 Å². The average molecular weight is 296 g/mol. The number of hydrogen-bond donors (Lipinski definition) is 0. The maximum atomic E-state index is 12.4. The van der Waals surface area contributed by atoms with Gasteiger partial charge in [0, 0.05) is 38.9 Å². The number of nitrogens with zero attached hydrogens (tertiary/aromatic N) is 2. The molecule has 0 N–H and O–H groups in total.